The molecule has 1 aromatic carbocycles. The number of nitrogens with two attached hydrogens (primary N) is 1. The number of carbonyl (C=O) groups excluding carboxylic acids is 1. The number of tetrazole rings is 1. The lowest BCUT2D eigenvalue weighted by atomic mass is 10.1. The maximum atomic E-state index is 12.1. The van der Waals surface area contributed by atoms with Crippen molar-refractivity contribution in [1.82, 2.24) is 25.5 Å². The molecule has 0 aliphatic heterocycles. The molecule has 1 heterocycles. The van der Waals surface area contributed by atoms with Crippen LogP contribution in [-0.2, 0) is 0 Å². The molecule has 0 atom stereocenters. The fourth-order valence-electron chi connectivity index (χ4n) is 1.50. The fraction of sp³-hybridized carbons (Fsp3) is 0.333. The number of nitrogens with zero attached hydrogens (tertiary/aromatic N) is 4. The first-order valence-corrected chi connectivity index (χ1v) is 5.88. The second-order valence-electron chi connectivity index (χ2n) is 4.85. The zero-order valence-corrected chi connectivity index (χ0v) is 12.1. The minimum absolute atomic E-state index is 0. The SMILES string of the molecule is CC(C)(CN)NC(=O)c1cccc(-n2cnnn2)c1.Cl. The van der Waals surface area contributed by atoms with Crippen LogP contribution in [0.2, 0.25) is 0 Å². The molecular weight excluding hydrogens is 280 g/mol. The largest absolute Gasteiger partial charge is 0.346 e. The van der Waals surface area contributed by atoms with Crippen LogP contribution in [0.25, 0.3) is 5.69 Å². The maximum absolute atomic E-state index is 12.1. The second-order valence-corrected chi connectivity index (χ2v) is 4.85. The van der Waals surface area contributed by atoms with Gasteiger partial charge in [-0.05, 0) is 42.5 Å². The zero-order valence-electron chi connectivity index (χ0n) is 11.3. The number of hydrogen-bond acceptors (Lipinski definition) is 5. The zero-order chi connectivity index (χ0) is 13.9. The molecule has 0 bridgehead atoms. The van der Waals surface area contributed by atoms with Crippen LogP contribution in [0, 0.1) is 0 Å². The molecule has 0 aliphatic rings. The fourth-order valence-corrected chi connectivity index (χ4v) is 1.50. The van der Waals surface area contributed by atoms with E-state index in [2.05, 4.69) is 20.8 Å². The van der Waals surface area contributed by atoms with E-state index in [9.17, 15) is 4.79 Å². The third kappa shape index (κ3) is 3.75. The first kappa shape index (κ1) is 16.1. The van der Waals surface area contributed by atoms with Gasteiger partial charge in [-0.15, -0.1) is 17.5 Å². The standard InChI is InChI=1S/C12H16N6O.ClH/c1-12(2,7-13)15-11(19)9-4-3-5-10(6-9)18-8-14-16-17-18;/h3-6,8H,7,13H2,1-2H3,(H,15,19);1H. The molecule has 0 spiro atoms. The van der Waals surface area contributed by atoms with E-state index >= 15 is 0 Å². The topological polar surface area (TPSA) is 98.7 Å². The van der Waals surface area contributed by atoms with E-state index in [1.165, 1.54) is 11.0 Å². The van der Waals surface area contributed by atoms with Crippen molar-refractivity contribution in [3.8, 4) is 5.69 Å². The highest BCUT2D eigenvalue weighted by Gasteiger charge is 2.19. The number of hydrogen-bond donors (Lipinski definition) is 2. The van der Waals surface area contributed by atoms with Crippen LogP contribution in [0.3, 0.4) is 0 Å². The number of nitrogens with one attached hydrogen (secondary N) is 1. The summed E-state index contributed by atoms with van der Waals surface area (Å²) >= 11 is 0. The molecule has 8 heteroatoms. The predicted octanol–water partition coefficient (Wildman–Crippen LogP) is 0.551. The molecule has 2 rings (SSSR count). The molecule has 0 fully saturated rings. The maximum Gasteiger partial charge on any atom is 0.251 e. The van der Waals surface area contributed by atoms with E-state index < -0.39 is 5.54 Å². The Labute approximate surface area is 123 Å². The Balaban J connectivity index is 0.00000200. The molecule has 1 aromatic heterocycles. The van der Waals surface area contributed by atoms with E-state index in [0.717, 1.165) is 5.69 Å². The van der Waals surface area contributed by atoms with Crippen molar-refractivity contribution in [1.29, 1.82) is 0 Å². The monoisotopic (exact) mass is 296 g/mol. The van der Waals surface area contributed by atoms with Crippen molar-refractivity contribution in [2.24, 2.45) is 5.73 Å². The van der Waals surface area contributed by atoms with Crippen molar-refractivity contribution in [3.63, 3.8) is 0 Å². The van der Waals surface area contributed by atoms with Gasteiger partial charge in [-0.1, -0.05) is 6.07 Å². The van der Waals surface area contributed by atoms with Crippen molar-refractivity contribution in [2.45, 2.75) is 19.4 Å². The molecular formula is C12H17ClN6O. The van der Waals surface area contributed by atoms with Crippen LogP contribution in [0.1, 0.15) is 24.2 Å². The van der Waals surface area contributed by atoms with Crippen LogP contribution >= 0.6 is 12.4 Å². The van der Waals surface area contributed by atoms with Gasteiger partial charge in [0.15, 0.2) is 0 Å². The van der Waals surface area contributed by atoms with E-state index in [0.29, 0.717) is 12.1 Å². The molecule has 7 nitrogen and oxygen atoms in total. The first-order valence-electron chi connectivity index (χ1n) is 5.88. The average molecular weight is 297 g/mol. The summed E-state index contributed by atoms with van der Waals surface area (Å²) in [5.41, 5.74) is 6.41. The van der Waals surface area contributed by atoms with Gasteiger partial charge in [0.25, 0.3) is 5.91 Å². The smallest absolute Gasteiger partial charge is 0.251 e. The number of amides is 1. The van der Waals surface area contributed by atoms with Gasteiger partial charge >= 0.3 is 0 Å². The van der Waals surface area contributed by atoms with Crippen molar-refractivity contribution < 1.29 is 4.79 Å². The van der Waals surface area contributed by atoms with E-state index in [4.69, 9.17) is 5.73 Å². The molecule has 1 amide bonds. The van der Waals surface area contributed by atoms with Crippen LogP contribution < -0.4 is 11.1 Å². The summed E-state index contributed by atoms with van der Waals surface area (Å²) in [6, 6.07) is 7.05. The number of carbonyl (C=O) groups is 1. The summed E-state index contributed by atoms with van der Waals surface area (Å²) in [7, 11) is 0. The molecule has 20 heavy (non-hydrogen) atoms. The normalized spacial score (nSPS) is 10.8. The van der Waals surface area contributed by atoms with Gasteiger partial charge in [-0.3, -0.25) is 4.79 Å². The van der Waals surface area contributed by atoms with Crippen molar-refractivity contribution >= 4 is 18.3 Å². The van der Waals surface area contributed by atoms with Crippen molar-refractivity contribution in [3.05, 3.63) is 36.2 Å². The summed E-state index contributed by atoms with van der Waals surface area (Å²) in [4.78, 5) is 12.1. The molecule has 3 N–H and O–H groups in total. The van der Waals surface area contributed by atoms with E-state index in [1.807, 2.05) is 19.9 Å². The molecule has 0 saturated carbocycles. The van der Waals surface area contributed by atoms with E-state index in [1.54, 1.807) is 18.2 Å². The lowest BCUT2D eigenvalue weighted by molar-refractivity contribution is 0.0915. The quantitative estimate of drug-likeness (QED) is 0.858. The van der Waals surface area contributed by atoms with Gasteiger partial charge in [0.1, 0.15) is 6.33 Å². The summed E-state index contributed by atoms with van der Waals surface area (Å²) in [5.74, 6) is -0.176. The number of aromatic nitrogens is 4. The summed E-state index contributed by atoms with van der Waals surface area (Å²) in [5, 5.41) is 13.8. The summed E-state index contributed by atoms with van der Waals surface area (Å²) < 4.78 is 1.49. The van der Waals surface area contributed by atoms with Crippen LogP contribution in [0.5, 0.6) is 0 Å². The third-order valence-corrected chi connectivity index (χ3v) is 2.68. The van der Waals surface area contributed by atoms with Crippen LogP contribution in [0.15, 0.2) is 30.6 Å². The highest BCUT2D eigenvalue weighted by atomic mass is 35.5. The van der Waals surface area contributed by atoms with Crippen LogP contribution in [-0.4, -0.2) is 38.2 Å². The number of halogens is 1. The van der Waals surface area contributed by atoms with Crippen molar-refractivity contribution in [2.75, 3.05) is 6.54 Å². The summed E-state index contributed by atoms with van der Waals surface area (Å²) in [6.07, 6.45) is 1.47. The third-order valence-electron chi connectivity index (χ3n) is 2.68. The predicted molar refractivity (Wildman–Crippen MR) is 77.0 cm³/mol. The molecule has 0 radical (unpaired) electrons. The minimum atomic E-state index is -0.443. The lowest BCUT2D eigenvalue weighted by Crippen LogP contribution is -2.48. The number of benzene rings is 1. The molecule has 0 unspecified atom stereocenters. The second kappa shape index (κ2) is 6.44. The molecule has 2 aromatic rings. The Morgan fingerprint density at radius 3 is 2.80 bits per heavy atom. The Kier molecular flexibility index (Phi) is 5.18. The number of rotatable bonds is 4. The Bertz CT molecular complexity index is 569. The van der Waals surface area contributed by atoms with Crippen LogP contribution in [0.4, 0.5) is 0 Å². The van der Waals surface area contributed by atoms with Gasteiger partial charge < -0.3 is 11.1 Å². The van der Waals surface area contributed by atoms with E-state index in [-0.39, 0.29) is 18.3 Å². The summed E-state index contributed by atoms with van der Waals surface area (Å²) in [6.45, 7) is 4.11. The van der Waals surface area contributed by atoms with Gasteiger partial charge in [-0.25, -0.2) is 4.68 Å². The molecule has 0 saturated heterocycles. The van der Waals surface area contributed by atoms with Gasteiger partial charge in [0, 0.05) is 17.6 Å². The Morgan fingerprint density at radius 2 is 2.20 bits per heavy atom. The van der Waals surface area contributed by atoms with Gasteiger partial charge in [0.05, 0.1) is 5.69 Å². The highest BCUT2D eigenvalue weighted by Crippen LogP contribution is 2.10. The van der Waals surface area contributed by atoms with Gasteiger partial charge in [0.2, 0.25) is 0 Å². The average Bonchev–Trinajstić information content (AvgIpc) is 2.92. The molecule has 108 valence electrons. The molecule has 0 aliphatic carbocycles. The minimum Gasteiger partial charge on any atom is -0.346 e. The Hall–Kier alpha value is -1.99. The highest BCUT2D eigenvalue weighted by molar-refractivity contribution is 5.95. The lowest BCUT2D eigenvalue weighted by Gasteiger charge is -2.24. The van der Waals surface area contributed by atoms with Gasteiger partial charge in [-0.2, -0.15) is 0 Å². The Morgan fingerprint density at radius 1 is 1.45 bits per heavy atom. The first-order chi connectivity index (χ1) is 9.02.